The van der Waals surface area contributed by atoms with Gasteiger partial charge >= 0.3 is 12.1 Å². The van der Waals surface area contributed by atoms with E-state index in [0.717, 1.165) is 0 Å². The summed E-state index contributed by atoms with van der Waals surface area (Å²) in [5, 5.41) is 8.51. The number of halogens is 3. The number of carbonyl (C=O) groups is 1. The largest absolute Gasteiger partial charge is 0.484 e. The number of alkyl halides is 3. The highest BCUT2D eigenvalue weighted by atomic mass is 19.4. The number of carboxylic acid groups (broad SMARTS) is 1. The summed E-state index contributed by atoms with van der Waals surface area (Å²) in [4.78, 5) is 14.0. The number of aromatic nitrogens is 1. The molecule has 0 saturated carbocycles. The third kappa shape index (κ3) is 4.16. The van der Waals surface area contributed by atoms with Gasteiger partial charge in [-0.15, -0.1) is 0 Å². The lowest BCUT2D eigenvalue weighted by molar-refractivity contribution is -0.153. The predicted molar refractivity (Wildman–Crippen MR) is 47.1 cm³/mol. The summed E-state index contributed by atoms with van der Waals surface area (Å²) in [5.41, 5.74) is 0.110. The molecule has 0 saturated heterocycles. The highest BCUT2D eigenvalue weighted by Crippen LogP contribution is 2.21. The lowest BCUT2D eigenvalue weighted by Crippen LogP contribution is -2.20. The Labute approximate surface area is 88.7 Å². The molecule has 4 nitrogen and oxygen atoms in total. The van der Waals surface area contributed by atoms with Gasteiger partial charge in [-0.2, -0.15) is 13.2 Å². The summed E-state index contributed by atoms with van der Waals surface area (Å²) in [6.07, 6.45) is -2.48. The van der Waals surface area contributed by atoms with Crippen molar-refractivity contribution >= 4 is 5.97 Å². The number of ether oxygens (including phenoxy) is 1. The van der Waals surface area contributed by atoms with Gasteiger partial charge in [0.25, 0.3) is 0 Å². The van der Waals surface area contributed by atoms with Gasteiger partial charge in [0.15, 0.2) is 6.61 Å². The van der Waals surface area contributed by atoms with E-state index >= 15 is 0 Å². The van der Waals surface area contributed by atoms with Crippen molar-refractivity contribution in [1.29, 1.82) is 0 Å². The lowest BCUT2D eigenvalue weighted by Gasteiger charge is -2.11. The number of aliphatic carboxylic acids is 1. The molecule has 88 valence electrons. The van der Waals surface area contributed by atoms with Gasteiger partial charge in [-0.05, 0) is 6.07 Å². The van der Waals surface area contributed by atoms with Crippen molar-refractivity contribution in [3.8, 4) is 5.75 Å². The molecule has 0 aliphatic carbocycles. The second-order valence-electron chi connectivity index (χ2n) is 2.96. The molecule has 1 N–H and O–H groups in total. The first-order chi connectivity index (χ1) is 7.38. The predicted octanol–water partition coefficient (Wildman–Crippen LogP) is 1.65. The Balaban J connectivity index is 2.75. The van der Waals surface area contributed by atoms with E-state index in [2.05, 4.69) is 9.72 Å². The molecule has 1 rings (SSSR count). The third-order valence-electron chi connectivity index (χ3n) is 1.59. The van der Waals surface area contributed by atoms with Crippen molar-refractivity contribution in [2.45, 2.75) is 12.6 Å². The van der Waals surface area contributed by atoms with E-state index in [-0.39, 0.29) is 11.3 Å². The van der Waals surface area contributed by atoms with Gasteiger partial charge in [-0.25, -0.2) is 0 Å². The Morgan fingerprint density at radius 1 is 1.50 bits per heavy atom. The Morgan fingerprint density at radius 3 is 2.75 bits per heavy atom. The minimum absolute atomic E-state index is 0.110. The van der Waals surface area contributed by atoms with Crippen LogP contribution in [0.15, 0.2) is 18.5 Å². The van der Waals surface area contributed by atoms with Gasteiger partial charge in [0.2, 0.25) is 0 Å². The van der Waals surface area contributed by atoms with Crippen LogP contribution in [0, 0.1) is 0 Å². The first-order valence-corrected chi connectivity index (χ1v) is 4.23. The number of hydrogen-bond donors (Lipinski definition) is 1. The Kier molecular flexibility index (Phi) is 3.70. The minimum Gasteiger partial charge on any atom is -0.484 e. The SMILES string of the molecule is O=C(O)Cc1cnccc1OCC(F)(F)F. The van der Waals surface area contributed by atoms with Crippen LogP contribution in [0.1, 0.15) is 5.56 Å². The molecule has 0 amide bonds. The molecule has 0 atom stereocenters. The van der Waals surface area contributed by atoms with Crippen molar-refractivity contribution in [2.24, 2.45) is 0 Å². The van der Waals surface area contributed by atoms with Gasteiger partial charge < -0.3 is 9.84 Å². The zero-order valence-corrected chi connectivity index (χ0v) is 7.99. The third-order valence-corrected chi connectivity index (χ3v) is 1.59. The van der Waals surface area contributed by atoms with Crippen LogP contribution in [0.2, 0.25) is 0 Å². The first kappa shape index (κ1) is 12.3. The zero-order valence-electron chi connectivity index (χ0n) is 7.99. The van der Waals surface area contributed by atoms with Crippen LogP contribution in [-0.2, 0) is 11.2 Å². The maximum atomic E-state index is 11.9. The highest BCUT2D eigenvalue weighted by Gasteiger charge is 2.28. The van der Waals surface area contributed by atoms with E-state index < -0.39 is 25.2 Å². The molecule has 1 aromatic heterocycles. The summed E-state index contributed by atoms with van der Waals surface area (Å²) in [5.74, 6) is -1.28. The molecule has 0 unspecified atom stereocenters. The Bertz CT molecular complexity index is 379. The molecule has 0 aliphatic heterocycles. The lowest BCUT2D eigenvalue weighted by atomic mass is 10.2. The van der Waals surface area contributed by atoms with E-state index in [9.17, 15) is 18.0 Å². The average molecular weight is 235 g/mol. The van der Waals surface area contributed by atoms with Crippen molar-refractivity contribution in [3.63, 3.8) is 0 Å². The molecular formula is C9H8F3NO3. The van der Waals surface area contributed by atoms with Crippen molar-refractivity contribution in [3.05, 3.63) is 24.0 Å². The smallest absolute Gasteiger partial charge is 0.422 e. The molecule has 7 heteroatoms. The maximum Gasteiger partial charge on any atom is 0.422 e. The van der Waals surface area contributed by atoms with Crippen LogP contribution in [0.4, 0.5) is 13.2 Å². The molecule has 0 spiro atoms. The molecule has 1 heterocycles. The van der Waals surface area contributed by atoms with Crippen LogP contribution in [-0.4, -0.2) is 28.8 Å². The summed E-state index contributed by atoms with van der Waals surface area (Å²) >= 11 is 0. The fourth-order valence-corrected chi connectivity index (χ4v) is 1.01. The summed E-state index contributed by atoms with van der Waals surface area (Å²) < 4.78 is 40.1. The molecule has 1 aromatic rings. The Morgan fingerprint density at radius 2 is 2.19 bits per heavy atom. The fraction of sp³-hybridized carbons (Fsp3) is 0.333. The van der Waals surface area contributed by atoms with E-state index in [1.54, 1.807) is 0 Å². The normalized spacial score (nSPS) is 11.2. The maximum absolute atomic E-state index is 11.9. The quantitative estimate of drug-likeness (QED) is 0.861. The van der Waals surface area contributed by atoms with Gasteiger partial charge in [0.05, 0.1) is 6.42 Å². The van der Waals surface area contributed by atoms with E-state index in [0.29, 0.717) is 0 Å². The molecule has 0 aromatic carbocycles. The van der Waals surface area contributed by atoms with Crippen molar-refractivity contribution in [2.75, 3.05) is 6.61 Å². The molecule has 0 radical (unpaired) electrons. The van der Waals surface area contributed by atoms with Crippen molar-refractivity contribution < 1.29 is 27.8 Å². The van der Waals surface area contributed by atoms with Crippen molar-refractivity contribution in [1.82, 2.24) is 4.98 Å². The highest BCUT2D eigenvalue weighted by molar-refractivity contribution is 5.71. The molecule has 0 aliphatic rings. The van der Waals surface area contributed by atoms with Crippen LogP contribution >= 0.6 is 0 Å². The molecular weight excluding hydrogens is 227 g/mol. The number of carboxylic acids is 1. The monoisotopic (exact) mass is 235 g/mol. The van der Waals surface area contributed by atoms with E-state index in [4.69, 9.17) is 5.11 Å². The van der Waals surface area contributed by atoms with Gasteiger partial charge in [-0.3, -0.25) is 9.78 Å². The van der Waals surface area contributed by atoms with Crippen LogP contribution in [0.3, 0.4) is 0 Å². The van der Waals surface area contributed by atoms with Crippen LogP contribution in [0.25, 0.3) is 0 Å². The average Bonchev–Trinajstić information content (AvgIpc) is 2.14. The minimum atomic E-state index is -4.45. The summed E-state index contributed by atoms with van der Waals surface area (Å²) in [7, 11) is 0. The molecule has 16 heavy (non-hydrogen) atoms. The molecule has 0 bridgehead atoms. The number of pyridine rings is 1. The number of hydrogen-bond acceptors (Lipinski definition) is 3. The van der Waals surface area contributed by atoms with E-state index in [1.807, 2.05) is 0 Å². The van der Waals surface area contributed by atoms with Gasteiger partial charge in [0.1, 0.15) is 5.75 Å². The second kappa shape index (κ2) is 4.82. The van der Waals surface area contributed by atoms with E-state index in [1.165, 1.54) is 18.5 Å². The van der Waals surface area contributed by atoms with Crippen LogP contribution < -0.4 is 4.74 Å². The second-order valence-corrected chi connectivity index (χ2v) is 2.96. The topological polar surface area (TPSA) is 59.4 Å². The summed E-state index contributed by atoms with van der Waals surface area (Å²) in [6.45, 7) is -1.45. The first-order valence-electron chi connectivity index (χ1n) is 4.23. The number of rotatable bonds is 4. The van der Waals surface area contributed by atoms with Crippen LogP contribution in [0.5, 0.6) is 5.75 Å². The van der Waals surface area contributed by atoms with Gasteiger partial charge in [-0.1, -0.05) is 0 Å². The standard InChI is InChI=1S/C9H8F3NO3/c10-9(11,12)5-16-7-1-2-13-4-6(7)3-8(14)15/h1-2,4H,3,5H2,(H,14,15). The summed E-state index contributed by atoms with van der Waals surface area (Å²) in [6, 6.07) is 1.20. The fourth-order valence-electron chi connectivity index (χ4n) is 1.01. The molecule has 0 fully saturated rings. The zero-order chi connectivity index (χ0) is 12.2. The number of nitrogens with zero attached hydrogens (tertiary/aromatic N) is 1. The van der Waals surface area contributed by atoms with Gasteiger partial charge in [0, 0.05) is 18.0 Å². The Hall–Kier alpha value is -1.79.